The number of fused-ring (bicyclic) bond motifs is 1. The number of primary amides is 1. The number of carbonyl (C=O) groups is 1. The van der Waals surface area contributed by atoms with Crippen LogP contribution in [0.1, 0.15) is 5.69 Å². The fraction of sp³-hybridized carbons (Fsp3) is 0. The van der Waals surface area contributed by atoms with E-state index in [1.54, 1.807) is 12.1 Å². The van der Waals surface area contributed by atoms with E-state index in [2.05, 4.69) is 5.92 Å². The van der Waals surface area contributed by atoms with Gasteiger partial charge in [0, 0.05) is 5.39 Å². The molecule has 2 aromatic rings. The highest BCUT2D eigenvalue weighted by Crippen LogP contribution is 2.18. The lowest BCUT2D eigenvalue weighted by Crippen LogP contribution is -2.20. The summed E-state index contributed by atoms with van der Waals surface area (Å²) in [5.74, 6) is 2.43. The van der Waals surface area contributed by atoms with Gasteiger partial charge in [-0.05, 0) is 12.1 Å². The number of nitrogens with zero attached hydrogens (tertiary/aromatic N) is 1. The number of benzene rings is 1. The first kappa shape index (κ1) is 8.39. The molecule has 3 heteroatoms. The average Bonchev–Trinajstić information content (AvgIpc) is 2.55. The van der Waals surface area contributed by atoms with Crippen molar-refractivity contribution in [1.29, 1.82) is 0 Å². The summed E-state index contributed by atoms with van der Waals surface area (Å²) in [6.07, 6.45) is 5.27. The van der Waals surface area contributed by atoms with Gasteiger partial charge < -0.3 is 5.73 Å². The van der Waals surface area contributed by atoms with E-state index in [0.717, 1.165) is 10.9 Å². The SMILES string of the molecule is C#Cc1cc2ccccc2n1C(N)=O. The predicted octanol–water partition coefficient (Wildman–Crippen LogP) is 1.55. The first-order chi connectivity index (χ1) is 6.74. The van der Waals surface area contributed by atoms with Crippen LogP contribution in [-0.4, -0.2) is 10.6 Å². The second-order valence-electron chi connectivity index (χ2n) is 2.91. The van der Waals surface area contributed by atoms with Gasteiger partial charge in [0.05, 0.1) is 5.52 Å². The standard InChI is InChI=1S/C11H8N2O/c1-2-9-7-8-5-3-4-6-10(8)13(9)11(12)14/h1,3-7H,(H2,12,14). The molecule has 0 aliphatic rings. The molecule has 1 amide bonds. The Morgan fingerprint density at radius 1 is 1.43 bits per heavy atom. The molecule has 3 nitrogen and oxygen atoms in total. The molecular formula is C11H8N2O. The number of nitrogens with two attached hydrogens (primary N) is 1. The molecule has 14 heavy (non-hydrogen) atoms. The Hall–Kier alpha value is -2.21. The van der Waals surface area contributed by atoms with Crippen molar-refractivity contribution in [3.8, 4) is 12.3 Å². The zero-order valence-electron chi connectivity index (χ0n) is 7.40. The van der Waals surface area contributed by atoms with Crippen LogP contribution in [0.25, 0.3) is 10.9 Å². The highest BCUT2D eigenvalue weighted by Gasteiger charge is 2.09. The monoisotopic (exact) mass is 184 g/mol. The Morgan fingerprint density at radius 2 is 2.14 bits per heavy atom. The fourth-order valence-electron chi connectivity index (χ4n) is 1.50. The van der Waals surface area contributed by atoms with Gasteiger partial charge in [0.1, 0.15) is 5.69 Å². The Balaban J connectivity index is 2.89. The summed E-state index contributed by atoms with van der Waals surface area (Å²) in [6.45, 7) is 0. The molecule has 68 valence electrons. The van der Waals surface area contributed by atoms with Crippen molar-refractivity contribution in [2.24, 2.45) is 5.73 Å². The lowest BCUT2D eigenvalue weighted by Gasteiger charge is -1.99. The van der Waals surface area contributed by atoms with Gasteiger partial charge in [-0.15, -0.1) is 6.42 Å². The molecule has 0 aliphatic heterocycles. The molecule has 0 fully saturated rings. The lowest BCUT2D eigenvalue weighted by molar-refractivity contribution is 0.251. The van der Waals surface area contributed by atoms with E-state index >= 15 is 0 Å². The maximum absolute atomic E-state index is 11.1. The van der Waals surface area contributed by atoms with Gasteiger partial charge in [0.15, 0.2) is 0 Å². The van der Waals surface area contributed by atoms with E-state index in [-0.39, 0.29) is 0 Å². The van der Waals surface area contributed by atoms with Gasteiger partial charge in [-0.25, -0.2) is 4.79 Å². The van der Waals surface area contributed by atoms with Crippen LogP contribution in [0.2, 0.25) is 0 Å². The van der Waals surface area contributed by atoms with Crippen LogP contribution in [0.3, 0.4) is 0 Å². The van der Waals surface area contributed by atoms with Gasteiger partial charge in [0.25, 0.3) is 0 Å². The topological polar surface area (TPSA) is 48.0 Å². The minimum Gasteiger partial charge on any atom is -0.351 e. The first-order valence-corrected chi connectivity index (χ1v) is 4.11. The van der Waals surface area contributed by atoms with Crippen molar-refractivity contribution in [3.63, 3.8) is 0 Å². The number of rotatable bonds is 0. The van der Waals surface area contributed by atoms with Crippen molar-refractivity contribution in [2.75, 3.05) is 0 Å². The maximum atomic E-state index is 11.1. The molecule has 1 heterocycles. The van der Waals surface area contributed by atoms with Crippen LogP contribution in [0.15, 0.2) is 30.3 Å². The second-order valence-corrected chi connectivity index (χ2v) is 2.91. The van der Waals surface area contributed by atoms with Crippen LogP contribution < -0.4 is 5.73 Å². The fourth-order valence-corrected chi connectivity index (χ4v) is 1.50. The van der Waals surface area contributed by atoms with Crippen LogP contribution in [0.5, 0.6) is 0 Å². The van der Waals surface area contributed by atoms with Crippen LogP contribution >= 0.6 is 0 Å². The Kier molecular flexibility index (Phi) is 1.76. The number of aromatic nitrogens is 1. The van der Waals surface area contributed by atoms with Gasteiger partial charge >= 0.3 is 6.03 Å². The van der Waals surface area contributed by atoms with Gasteiger partial charge in [-0.1, -0.05) is 24.1 Å². The van der Waals surface area contributed by atoms with E-state index in [9.17, 15) is 4.79 Å². The summed E-state index contributed by atoms with van der Waals surface area (Å²) in [6, 6.07) is 8.62. The lowest BCUT2D eigenvalue weighted by atomic mass is 10.2. The molecule has 0 atom stereocenters. The molecule has 0 aliphatic carbocycles. The third-order valence-corrected chi connectivity index (χ3v) is 2.08. The number of amides is 1. The molecule has 0 saturated carbocycles. The van der Waals surface area contributed by atoms with E-state index in [4.69, 9.17) is 12.2 Å². The van der Waals surface area contributed by atoms with E-state index < -0.39 is 6.03 Å². The smallest absolute Gasteiger partial charge is 0.324 e. The highest BCUT2D eigenvalue weighted by atomic mass is 16.2. The Bertz CT molecular complexity index is 546. The normalized spacial score (nSPS) is 9.93. The molecule has 1 aromatic heterocycles. The Morgan fingerprint density at radius 3 is 2.79 bits per heavy atom. The number of carbonyl (C=O) groups excluding carboxylic acids is 1. The summed E-state index contributed by atoms with van der Waals surface area (Å²) in [5.41, 5.74) is 6.46. The zero-order valence-corrected chi connectivity index (χ0v) is 7.40. The molecule has 0 saturated heterocycles. The van der Waals surface area contributed by atoms with Crippen LogP contribution in [-0.2, 0) is 0 Å². The Labute approximate surface area is 81.1 Å². The van der Waals surface area contributed by atoms with Crippen molar-refractivity contribution in [2.45, 2.75) is 0 Å². The van der Waals surface area contributed by atoms with Crippen molar-refractivity contribution in [1.82, 2.24) is 4.57 Å². The minimum atomic E-state index is -0.556. The molecule has 0 radical (unpaired) electrons. The molecule has 2 N–H and O–H groups in total. The summed E-state index contributed by atoms with van der Waals surface area (Å²) in [4.78, 5) is 11.1. The summed E-state index contributed by atoms with van der Waals surface area (Å²) in [7, 11) is 0. The largest absolute Gasteiger partial charge is 0.351 e. The van der Waals surface area contributed by atoms with E-state index in [0.29, 0.717) is 5.69 Å². The van der Waals surface area contributed by atoms with Gasteiger partial charge in [-0.2, -0.15) is 0 Å². The van der Waals surface area contributed by atoms with Gasteiger partial charge in [0.2, 0.25) is 0 Å². The van der Waals surface area contributed by atoms with Crippen LogP contribution in [0, 0.1) is 12.3 Å². The number of hydrogen-bond acceptors (Lipinski definition) is 1. The third-order valence-electron chi connectivity index (χ3n) is 2.08. The predicted molar refractivity (Wildman–Crippen MR) is 54.9 cm³/mol. The average molecular weight is 184 g/mol. The zero-order chi connectivity index (χ0) is 10.1. The molecule has 0 unspecified atom stereocenters. The number of terminal acetylenes is 1. The van der Waals surface area contributed by atoms with Crippen molar-refractivity contribution in [3.05, 3.63) is 36.0 Å². The first-order valence-electron chi connectivity index (χ1n) is 4.11. The van der Waals surface area contributed by atoms with Crippen molar-refractivity contribution >= 4 is 16.9 Å². The summed E-state index contributed by atoms with van der Waals surface area (Å²) >= 11 is 0. The van der Waals surface area contributed by atoms with E-state index in [1.165, 1.54) is 4.57 Å². The summed E-state index contributed by atoms with van der Waals surface area (Å²) in [5, 5.41) is 0.916. The quantitative estimate of drug-likeness (QED) is 0.620. The third kappa shape index (κ3) is 1.05. The number of hydrogen-bond donors (Lipinski definition) is 1. The number of para-hydroxylation sites is 1. The van der Waals surface area contributed by atoms with Gasteiger partial charge in [-0.3, -0.25) is 4.57 Å². The molecule has 1 aromatic carbocycles. The van der Waals surface area contributed by atoms with E-state index in [1.807, 2.05) is 18.2 Å². The molecule has 0 spiro atoms. The van der Waals surface area contributed by atoms with Crippen molar-refractivity contribution < 1.29 is 4.79 Å². The summed E-state index contributed by atoms with van der Waals surface area (Å²) < 4.78 is 1.33. The highest BCUT2D eigenvalue weighted by molar-refractivity contribution is 5.93. The second kappa shape index (κ2) is 2.93. The molecular weight excluding hydrogens is 176 g/mol. The minimum absolute atomic E-state index is 0.485. The van der Waals surface area contributed by atoms with Crippen LogP contribution in [0.4, 0.5) is 4.79 Å². The maximum Gasteiger partial charge on any atom is 0.324 e. The molecule has 2 rings (SSSR count). The molecule has 0 bridgehead atoms.